The van der Waals surface area contributed by atoms with Crippen LogP contribution < -0.4 is 19.5 Å². The second kappa shape index (κ2) is 9.88. The molecule has 160 valence electrons. The van der Waals surface area contributed by atoms with Gasteiger partial charge < -0.3 is 19.5 Å². The van der Waals surface area contributed by atoms with Crippen LogP contribution in [0.3, 0.4) is 0 Å². The lowest BCUT2D eigenvalue weighted by atomic mass is 10.1. The minimum atomic E-state index is -0.159. The van der Waals surface area contributed by atoms with E-state index in [9.17, 15) is 4.79 Å². The number of nitrogens with one attached hydrogen (secondary N) is 1. The molecule has 0 aromatic heterocycles. The smallest absolute Gasteiger partial charge is 0.258 e. The highest BCUT2D eigenvalue weighted by molar-refractivity contribution is 8.19. The number of fused-ring (bicyclic) bond motifs is 1. The van der Waals surface area contributed by atoms with Gasteiger partial charge >= 0.3 is 0 Å². The van der Waals surface area contributed by atoms with Crippen molar-refractivity contribution in [2.75, 3.05) is 24.7 Å². The fourth-order valence-electron chi connectivity index (χ4n) is 3.64. The third kappa shape index (κ3) is 5.01. The van der Waals surface area contributed by atoms with Gasteiger partial charge in [-0.05, 0) is 32.0 Å². The van der Waals surface area contributed by atoms with Gasteiger partial charge in [0, 0.05) is 41.2 Å². The number of para-hydroxylation sites is 1. The van der Waals surface area contributed by atoms with E-state index in [0.717, 1.165) is 51.9 Å². The van der Waals surface area contributed by atoms with Crippen LogP contribution in [0.4, 0.5) is 0 Å². The summed E-state index contributed by atoms with van der Waals surface area (Å²) < 4.78 is 17.9. The molecule has 2 aromatic carbocycles. The number of carbonyl (C=O) groups excluding carboxylic acids is 1. The Labute approximate surface area is 186 Å². The normalized spacial score (nSPS) is 18.0. The molecule has 0 spiro atoms. The van der Waals surface area contributed by atoms with Crippen LogP contribution in [-0.4, -0.2) is 36.7 Å². The molecule has 1 atom stereocenters. The van der Waals surface area contributed by atoms with E-state index in [1.807, 2.05) is 60.8 Å². The van der Waals surface area contributed by atoms with Crippen LogP contribution in [0.2, 0.25) is 0 Å². The lowest BCUT2D eigenvalue weighted by molar-refractivity contribution is -0.123. The maximum Gasteiger partial charge on any atom is 0.258 e. The zero-order chi connectivity index (χ0) is 20.9. The molecular formula is C23H27NO4S2. The molecule has 1 unspecified atom stereocenters. The monoisotopic (exact) mass is 445 g/mol. The number of ether oxygens (including phenoxy) is 3. The fourth-order valence-corrected chi connectivity index (χ4v) is 6.55. The van der Waals surface area contributed by atoms with Crippen molar-refractivity contribution in [1.82, 2.24) is 5.32 Å². The molecule has 1 amide bonds. The first kappa shape index (κ1) is 21.2. The quantitative estimate of drug-likeness (QED) is 0.642. The Morgan fingerprint density at radius 1 is 1.17 bits per heavy atom. The number of hydrogen-bond acceptors (Lipinski definition) is 6. The highest BCUT2D eigenvalue weighted by atomic mass is 32.2. The minimum absolute atomic E-state index is 0.0124. The minimum Gasteiger partial charge on any atom is -0.494 e. The molecule has 0 saturated carbocycles. The summed E-state index contributed by atoms with van der Waals surface area (Å²) in [6, 6.07) is 12.0. The van der Waals surface area contributed by atoms with E-state index in [2.05, 4.69) is 18.3 Å². The van der Waals surface area contributed by atoms with Crippen LogP contribution >= 0.6 is 23.5 Å². The van der Waals surface area contributed by atoms with Gasteiger partial charge in [-0.15, -0.1) is 23.5 Å². The van der Waals surface area contributed by atoms with Crippen LogP contribution in [0.15, 0.2) is 36.4 Å². The largest absolute Gasteiger partial charge is 0.494 e. The SMILES string of the molecule is CCOc1cc2c(cc1CNC(=O)COc1ccccc1C1SCCS1)OC(C)C2. The second-order valence-electron chi connectivity index (χ2n) is 7.31. The molecule has 1 saturated heterocycles. The maximum atomic E-state index is 12.5. The van der Waals surface area contributed by atoms with Crippen LogP contribution in [0.5, 0.6) is 17.2 Å². The fraction of sp³-hybridized carbons (Fsp3) is 0.435. The lowest BCUT2D eigenvalue weighted by Crippen LogP contribution is -2.28. The third-order valence-corrected chi connectivity index (χ3v) is 8.08. The van der Waals surface area contributed by atoms with E-state index in [0.29, 0.717) is 17.7 Å². The van der Waals surface area contributed by atoms with Crippen molar-refractivity contribution in [2.45, 2.75) is 37.5 Å². The van der Waals surface area contributed by atoms with Crippen LogP contribution in [-0.2, 0) is 17.8 Å². The van der Waals surface area contributed by atoms with Gasteiger partial charge in [-0.3, -0.25) is 4.79 Å². The zero-order valence-corrected chi connectivity index (χ0v) is 18.9. The molecule has 0 radical (unpaired) electrons. The Morgan fingerprint density at radius 2 is 1.97 bits per heavy atom. The van der Waals surface area contributed by atoms with Crippen LogP contribution in [0, 0.1) is 0 Å². The van der Waals surface area contributed by atoms with Crippen LogP contribution in [0.1, 0.15) is 35.1 Å². The highest BCUT2D eigenvalue weighted by Gasteiger charge is 2.23. The van der Waals surface area contributed by atoms with Crippen molar-refractivity contribution in [3.63, 3.8) is 0 Å². The summed E-state index contributed by atoms with van der Waals surface area (Å²) in [5.74, 6) is 4.61. The molecule has 7 heteroatoms. The third-order valence-electron chi connectivity index (χ3n) is 5.01. The molecule has 0 bridgehead atoms. The Morgan fingerprint density at radius 3 is 2.77 bits per heavy atom. The Hall–Kier alpha value is -1.99. The van der Waals surface area contributed by atoms with Gasteiger partial charge in [0.05, 0.1) is 11.2 Å². The van der Waals surface area contributed by atoms with Crippen molar-refractivity contribution in [3.05, 3.63) is 53.1 Å². The van der Waals surface area contributed by atoms with E-state index >= 15 is 0 Å². The topological polar surface area (TPSA) is 56.8 Å². The first-order valence-corrected chi connectivity index (χ1v) is 12.4. The molecule has 2 aromatic rings. The zero-order valence-electron chi connectivity index (χ0n) is 17.3. The highest BCUT2D eigenvalue weighted by Crippen LogP contribution is 2.48. The number of thioether (sulfide) groups is 2. The molecule has 0 aliphatic carbocycles. The van der Waals surface area contributed by atoms with Gasteiger partial charge in [0.2, 0.25) is 0 Å². The van der Waals surface area contributed by atoms with Crippen molar-refractivity contribution >= 4 is 29.4 Å². The molecule has 30 heavy (non-hydrogen) atoms. The van der Waals surface area contributed by atoms with Crippen molar-refractivity contribution in [1.29, 1.82) is 0 Å². The van der Waals surface area contributed by atoms with E-state index in [1.165, 1.54) is 0 Å². The summed E-state index contributed by atoms with van der Waals surface area (Å²) in [5.41, 5.74) is 3.22. The molecular weight excluding hydrogens is 418 g/mol. The first-order valence-electron chi connectivity index (χ1n) is 10.3. The molecule has 2 heterocycles. The van der Waals surface area contributed by atoms with E-state index in [4.69, 9.17) is 14.2 Å². The molecule has 5 nitrogen and oxygen atoms in total. The van der Waals surface area contributed by atoms with Gasteiger partial charge in [-0.2, -0.15) is 0 Å². The summed E-state index contributed by atoms with van der Waals surface area (Å²) in [4.78, 5) is 12.5. The molecule has 2 aliphatic heterocycles. The molecule has 1 N–H and O–H groups in total. The summed E-state index contributed by atoms with van der Waals surface area (Å²) in [6.45, 7) is 4.95. The van der Waals surface area contributed by atoms with E-state index < -0.39 is 0 Å². The standard InChI is InChI=1S/C23H27NO4S2/c1-3-26-20-11-16-10-15(2)28-21(16)12-17(20)13-24-22(25)14-27-19-7-5-4-6-18(19)23-29-8-9-30-23/h4-7,11-12,15,23H,3,8-10,13-14H2,1-2H3,(H,24,25). The number of hydrogen-bond donors (Lipinski definition) is 1. The Bertz CT molecular complexity index is 899. The summed E-state index contributed by atoms with van der Waals surface area (Å²) in [6.07, 6.45) is 1.05. The average molecular weight is 446 g/mol. The van der Waals surface area contributed by atoms with E-state index in [-0.39, 0.29) is 18.6 Å². The molecule has 2 aliphatic rings. The Balaban J connectivity index is 1.36. The first-order chi connectivity index (χ1) is 14.6. The average Bonchev–Trinajstić information content (AvgIpc) is 3.40. The summed E-state index contributed by atoms with van der Waals surface area (Å²) in [5, 5.41) is 2.95. The second-order valence-corrected chi connectivity index (χ2v) is 10.0. The summed E-state index contributed by atoms with van der Waals surface area (Å²) >= 11 is 3.85. The van der Waals surface area contributed by atoms with Gasteiger partial charge in [-0.25, -0.2) is 0 Å². The van der Waals surface area contributed by atoms with Gasteiger partial charge in [0.15, 0.2) is 6.61 Å². The number of amides is 1. The lowest BCUT2D eigenvalue weighted by Gasteiger charge is -2.16. The van der Waals surface area contributed by atoms with Gasteiger partial charge in [0.25, 0.3) is 5.91 Å². The molecule has 1 fully saturated rings. The van der Waals surface area contributed by atoms with Crippen molar-refractivity contribution in [3.8, 4) is 17.2 Å². The van der Waals surface area contributed by atoms with Crippen molar-refractivity contribution in [2.24, 2.45) is 0 Å². The van der Waals surface area contributed by atoms with Gasteiger partial charge in [0.1, 0.15) is 23.4 Å². The summed E-state index contributed by atoms with van der Waals surface area (Å²) in [7, 11) is 0. The van der Waals surface area contributed by atoms with Crippen LogP contribution in [0.25, 0.3) is 0 Å². The Kier molecular flexibility index (Phi) is 7.00. The number of benzene rings is 2. The number of rotatable bonds is 8. The predicted octanol–water partition coefficient (Wildman–Crippen LogP) is 4.58. The molecule has 4 rings (SSSR count). The predicted molar refractivity (Wildman–Crippen MR) is 123 cm³/mol. The van der Waals surface area contributed by atoms with Gasteiger partial charge in [-0.1, -0.05) is 18.2 Å². The van der Waals surface area contributed by atoms with E-state index in [1.54, 1.807) is 0 Å². The maximum absolute atomic E-state index is 12.5. The number of carbonyl (C=O) groups is 1. The van der Waals surface area contributed by atoms with Crippen molar-refractivity contribution < 1.29 is 19.0 Å².